The highest BCUT2D eigenvalue weighted by atomic mass is 32.2. The molecule has 0 saturated carbocycles. The molecule has 12 heteroatoms. The lowest BCUT2D eigenvalue weighted by Crippen LogP contribution is -2.14. The average molecular weight is 454 g/mol. The van der Waals surface area contributed by atoms with Crippen molar-refractivity contribution in [1.82, 2.24) is 0 Å². The zero-order valence-corrected chi connectivity index (χ0v) is 17.4. The molecule has 1 atom stereocenters. The quantitative estimate of drug-likeness (QED) is 0.254. The van der Waals surface area contributed by atoms with Gasteiger partial charge in [-0.1, -0.05) is 11.8 Å². The van der Waals surface area contributed by atoms with Crippen LogP contribution in [0.2, 0.25) is 0 Å². The second-order valence-corrected chi connectivity index (χ2v) is 8.90. The number of carbonyl (C=O) groups excluding carboxylic acids is 1. The minimum atomic E-state index is -4.71. The van der Waals surface area contributed by atoms with Crippen molar-refractivity contribution in [1.29, 1.82) is 0 Å². The van der Waals surface area contributed by atoms with Gasteiger partial charge in [0, 0.05) is 29.4 Å². The smallest absolute Gasteiger partial charge is 0.295 e. The number of hydrogen-bond donors (Lipinski definition) is 5. The standard InChI is InChI=1S/C18H18N2O8S2/c1-11(21)19-15-7-5-13(17(9-15)29(23,24)25)3-4-14-6-8-16(20-12(2)22)10-18(14)30(26,27)28/h5-11,19,21H,1-2H3,(H,20,22)(H,23,24,25)(H,26,27,28)/t11-/m0/s1. The number of hydrogen-bond acceptors (Lipinski definition) is 7. The predicted octanol–water partition coefficient (Wildman–Crippen LogP) is 1.29. The maximum absolute atomic E-state index is 11.7. The van der Waals surface area contributed by atoms with Crippen LogP contribution in [0.3, 0.4) is 0 Å². The topological polar surface area (TPSA) is 170 Å². The molecule has 0 saturated heterocycles. The molecule has 30 heavy (non-hydrogen) atoms. The van der Waals surface area contributed by atoms with E-state index in [0.717, 1.165) is 12.1 Å². The van der Waals surface area contributed by atoms with Crippen molar-refractivity contribution in [2.24, 2.45) is 0 Å². The van der Waals surface area contributed by atoms with Crippen molar-refractivity contribution in [3.05, 3.63) is 47.5 Å². The van der Waals surface area contributed by atoms with Gasteiger partial charge in [-0.2, -0.15) is 16.8 Å². The molecular weight excluding hydrogens is 436 g/mol. The van der Waals surface area contributed by atoms with Gasteiger partial charge in [0.1, 0.15) is 16.0 Å². The summed E-state index contributed by atoms with van der Waals surface area (Å²) in [6.07, 6.45) is -0.990. The second-order valence-electron chi connectivity index (χ2n) is 6.12. The average Bonchev–Trinajstić information content (AvgIpc) is 2.58. The predicted molar refractivity (Wildman–Crippen MR) is 108 cm³/mol. The van der Waals surface area contributed by atoms with Crippen LogP contribution >= 0.6 is 0 Å². The van der Waals surface area contributed by atoms with Crippen LogP contribution in [0.25, 0.3) is 0 Å². The summed E-state index contributed by atoms with van der Waals surface area (Å²) in [6, 6.07) is 7.27. The fraction of sp³-hybridized carbons (Fsp3) is 0.167. The van der Waals surface area contributed by atoms with Gasteiger partial charge in [-0.3, -0.25) is 13.9 Å². The molecule has 0 aliphatic rings. The fourth-order valence-corrected chi connectivity index (χ4v) is 3.77. The Morgan fingerprint density at radius 2 is 1.33 bits per heavy atom. The van der Waals surface area contributed by atoms with Crippen molar-refractivity contribution in [3.8, 4) is 11.8 Å². The van der Waals surface area contributed by atoms with Crippen LogP contribution in [-0.2, 0) is 25.0 Å². The molecule has 0 aliphatic carbocycles. The Bertz CT molecular complexity index is 1260. The SMILES string of the molecule is CC(=O)Nc1ccc(C#Cc2ccc(N[C@H](C)O)cc2S(=O)(=O)O)c(S(=O)(=O)O)c1. The number of nitrogens with one attached hydrogen (secondary N) is 2. The Morgan fingerprint density at radius 3 is 1.73 bits per heavy atom. The molecule has 0 unspecified atom stereocenters. The number of carbonyl (C=O) groups is 1. The zero-order chi connectivity index (χ0) is 22.7. The molecule has 10 nitrogen and oxygen atoms in total. The molecule has 1 amide bonds. The van der Waals surface area contributed by atoms with E-state index in [1.54, 1.807) is 0 Å². The van der Waals surface area contributed by atoms with Crippen molar-refractivity contribution >= 4 is 37.5 Å². The normalized spacial score (nSPS) is 12.4. The summed E-state index contributed by atoms with van der Waals surface area (Å²) in [5, 5.41) is 14.3. The number of benzene rings is 2. The van der Waals surface area contributed by atoms with Gasteiger partial charge in [0.15, 0.2) is 0 Å². The van der Waals surface area contributed by atoms with E-state index in [1.807, 2.05) is 0 Å². The van der Waals surface area contributed by atoms with Crippen LogP contribution in [0.1, 0.15) is 25.0 Å². The first-order valence-electron chi connectivity index (χ1n) is 8.24. The number of aliphatic hydroxyl groups is 1. The third-order valence-electron chi connectivity index (χ3n) is 3.55. The van der Waals surface area contributed by atoms with Crippen LogP contribution in [0.15, 0.2) is 46.2 Å². The fourth-order valence-electron chi connectivity index (χ4n) is 2.42. The van der Waals surface area contributed by atoms with Crippen LogP contribution < -0.4 is 10.6 Å². The maximum atomic E-state index is 11.7. The second kappa shape index (κ2) is 8.82. The number of rotatable bonds is 5. The van der Waals surface area contributed by atoms with Gasteiger partial charge >= 0.3 is 0 Å². The third-order valence-corrected chi connectivity index (χ3v) is 5.33. The van der Waals surface area contributed by atoms with Gasteiger partial charge < -0.3 is 15.7 Å². The lowest BCUT2D eigenvalue weighted by molar-refractivity contribution is -0.114. The summed E-state index contributed by atoms with van der Waals surface area (Å²) >= 11 is 0. The monoisotopic (exact) mass is 454 g/mol. The molecule has 0 heterocycles. The molecule has 0 radical (unpaired) electrons. The van der Waals surface area contributed by atoms with Crippen molar-refractivity contribution in [2.75, 3.05) is 10.6 Å². The Morgan fingerprint density at radius 1 is 0.900 bits per heavy atom. The Kier molecular flexibility index (Phi) is 6.86. The first kappa shape index (κ1) is 23.3. The first-order valence-corrected chi connectivity index (χ1v) is 11.1. The number of amides is 1. The lowest BCUT2D eigenvalue weighted by Gasteiger charge is -2.11. The molecule has 5 N–H and O–H groups in total. The summed E-state index contributed by atoms with van der Waals surface area (Å²) in [5.74, 6) is 4.43. The number of anilines is 2. The summed E-state index contributed by atoms with van der Waals surface area (Å²) in [7, 11) is -9.41. The highest BCUT2D eigenvalue weighted by molar-refractivity contribution is 7.86. The van der Waals surface area contributed by atoms with Gasteiger partial charge in [-0.15, -0.1) is 0 Å². The summed E-state index contributed by atoms with van der Waals surface area (Å²) in [5.41, 5.74) is -0.0192. The highest BCUT2D eigenvalue weighted by Crippen LogP contribution is 2.23. The van der Waals surface area contributed by atoms with E-state index in [2.05, 4.69) is 22.5 Å². The third kappa shape index (κ3) is 6.28. The Hall–Kier alpha value is -2.95. The van der Waals surface area contributed by atoms with Gasteiger partial charge in [-0.25, -0.2) is 0 Å². The van der Waals surface area contributed by atoms with E-state index < -0.39 is 42.2 Å². The van der Waals surface area contributed by atoms with Crippen molar-refractivity contribution in [3.63, 3.8) is 0 Å². The zero-order valence-electron chi connectivity index (χ0n) is 15.7. The first-order chi connectivity index (χ1) is 13.8. The van der Waals surface area contributed by atoms with Crippen LogP contribution in [0.5, 0.6) is 0 Å². The molecule has 0 spiro atoms. The molecule has 160 valence electrons. The number of aliphatic hydroxyl groups excluding tert-OH is 1. The summed E-state index contributed by atoms with van der Waals surface area (Å²) in [4.78, 5) is 9.98. The van der Waals surface area contributed by atoms with Crippen LogP contribution in [0.4, 0.5) is 11.4 Å². The van der Waals surface area contributed by atoms with Gasteiger partial charge in [-0.05, 0) is 43.3 Å². The van der Waals surface area contributed by atoms with Crippen LogP contribution in [-0.4, -0.2) is 43.2 Å². The summed E-state index contributed by atoms with van der Waals surface area (Å²) in [6.45, 7) is 2.62. The molecule has 2 aromatic rings. The molecule has 0 aromatic heterocycles. The van der Waals surface area contributed by atoms with E-state index >= 15 is 0 Å². The van der Waals surface area contributed by atoms with Crippen molar-refractivity contribution in [2.45, 2.75) is 29.9 Å². The molecule has 0 bridgehead atoms. The van der Waals surface area contributed by atoms with E-state index in [0.29, 0.717) is 0 Å². The van der Waals surface area contributed by atoms with Crippen molar-refractivity contribution < 1.29 is 35.8 Å². The van der Waals surface area contributed by atoms with E-state index in [9.17, 15) is 35.8 Å². The van der Waals surface area contributed by atoms with E-state index in [4.69, 9.17) is 0 Å². The summed E-state index contributed by atoms with van der Waals surface area (Å²) < 4.78 is 65.7. The molecule has 2 aromatic carbocycles. The molecular formula is C18H18N2O8S2. The highest BCUT2D eigenvalue weighted by Gasteiger charge is 2.18. The largest absolute Gasteiger partial charge is 0.374 e. The van der Waals surface area contributed by atoms with Gasteiger partial charge in [0.05, 0.1) is 0 Å². The molecule has 0 aliphatic heterocycles. The van der Waals surface area contributed by atoms with Gasteiger partial charge in [0.25, 0.3) is 20.2 Å². The minimum absolute atomic E-state index is 0.104. The van der Waals surface area contributed by atoms with Crippen LogP contribution in [0, 0.1) is 11.8 Å². The van der Waals surface area contributed by atoms with E-state index in [1.165, 1.54) is 38.1 Å². The minimum Gasteiger partial charge on any atom is -0.374 e. The molecule has 2 rings (SSSR count). The van der Waals surface area contributed by atoms with E-state index in [-0.39, 0.29) is 22.5 Å². The lowest BCUT2D eigenvalue weighted by atomic mass is 10.1. The molecule has 0 fully saturated rings. The Labute approximate surface area is 173 Å². The Balaban J connectivity index is 2.60. The maximum Gasteiger partial charge on any atom is 0.295 e. The van der Waals surface area contributed by atoms with Gasteiger partial charge in [0.2, 0.25) is 5.91 Å².